The molecule has 1 N–H and O–H groups in total. The van der Waals surface area contributed by atoms with Gasteiger partial charge in [0.05, 0.1) is 0 Å². The lowest BCUT2D eigenvalue weighted by Gasteiger charge is -2.31. The largest absolute Gasteiger partial charge is 0.354 e. The number of hydrogen-bond acceptors (Lipinski definition) is 5. The van der Waals surface area contributed by atoms with Crippen LogP contribution in [0.15, 0.2) is 0 Å². The van der Waals surface area contributed by atoms with Crippen molar-refractivity contribution < 1.29 is 4.79 Å². The first kappa shape index (κ1) is 16.2. The van der Waals surface area contributed by atoms with E-state index >= 15 is 0 Å². The average molecular weight is 310 g/mol. The van der Waals surface area contributed by atoms with Crippen LogP contribution in [0, 0.1) is 5.92 Å². The van der Waals surface area contributed by atoms with Crippen LogP contribution in [0.2, 0.25) is 0 Å². The molecule has 1 aliphatic heterocycles. The van der Waals surface area contributed by atoms with Gasteiger partial charge in [0.2, 0.25) is 11.0 Å². The van der Waals surface area contributed by atoms with E-state index < -0.39 is 0 Å². The van der Waals surface area contributed by atoms with Gasteiger partial charge in [-0.1, -0.05) is 32.1 Å². The van der Waals surface area contributed by atoms with Crippen LogP contribution in [-0.2, 0) is 10.2 Å². The van der Waals surface area contributed by atoms with Crippen LogP contribution in [0.1, 0.15) is 52.5 Å². The molecule has 5 nitrogen and oxygen atoms in total. The zero-order valence-electron chi connectivity index (χ0n) is 13.6. The number of carbonyl (C=O) groups is 1. The summed E-state index contributed by atoms with van der Waals surface area (Å²) in [5, 5.41) is 13.7. The molecule has 0 spiro atoms. The van der Waals surface area contributed by atoms with E-state index in [0.717, 1.165) is 36.1 Å². The fraction of sp³-hybridized carbons (Fsp3) is 0.800. The quantitative estimate of drug-likeness (QED) is 0.932. The number of carbonyl (C=O) groups excluding carboxylic acids is 1. The molecule has 0 aliphatic carbocycles. The Morgan fingerprint density at radius 1 is 1.29 bits per heavy atom. The van der Waals surface area contributed by atoms with Gasteiger partial charge < -0.3 is 10.2 Å². The molecule has 0 radical (unpaired) electrons. The third kappa shape index (κ3) is 4.15. The van der Waals surface area contributed by atoms with Crippen molar-refractivity contribution in [1.29, 1.82) is 0 Å². The zero-order valence-corrected chi connectivity index (χ0v) is 14.5. The first-order chi connectivity index (χ1) is 9.77. The van der Waals surface area contributed by atoms with Crippen molar-refractivity contribution in [2.75, 3.05) is 18.0 Å². The standard InChI is InChI=1S/C15H26N4OS/c1-10(2)16-12(20)11-6-8-19(9-7-11)14-18-17-13(21-14)15(3,4)5/h10-11H,6-9H2,1-5H3,(H,16,20). The first-order valence-electron chi connectivity index (χ1n) is 7.66. The van der Waals surface area contributed by atoms with Crippen molar-refractivity contribution in [1.82, 2.24) is 15.5 Å². The van der Waals surface area contributed by atoms with Crippen molar-refractivity contribution in [3.05, 3.63) is 5.01 Å². The van der Waals surface area contributed by atoms with E-state index in [1.165, 1.54) is 0 Å². The van der Waals surface area contributed by atoms with Crippen LogP contribution in [0.4, 0.5) is 5.13 Å². The molecule has 118 valence electrons. The monoisotopic (exact) mass is 310 g/mol. The van der Waals surface area contributed by atoms with Crippen molar-refractivity contribution in [2.24, 2.45) is 5.92 Å². The third-order valence-corrected chi connectivity index (χ3v) is 5.03. The summed E-state index contributed by atoms with van der Waals surface area (Å²) in [6, 6.07) is 0.216. The summed E-state index contributed by atoms with van der Waals surface area (Å²) >= 11 is 1.67. The number of piperidine rings is 1. The molecule has 21 heavy (non-hydrogen) atoms. The molecule has 1 amide bonds. The highest BCUT2D eigenvalue weighted by Crippen LogP contribution is 2.31. The summed E-state index contributed by atoms with van der Waals surface area (Å²) in [6.07, 6.45) is 1.78. The molecule has 1 aromatic heterocycles. The smallest absolute Gasteiger partial charge is 0.223 e. The fourth-order valence-electron chi connectivity index (χ4n) is 2.38. The lowest BCUT2D eigenvalue weighted by molar-refractivity contribution is -0.126. The molecular formula is C15H26N4OS. The van der Waals surface area contributed by atoms with Gasteiger partial charge in [-0.25, -0.2) is 0 Å². The number of amides is 1. The summed E-state index contributed by atoms with van der Waals surface area (Å²) in [5.74, 6) is 0.330. The molecule has 2 heterocycles. The van der Waals surface area contributed by atoms with Gasteiger partial charge in [0.25, 0.3) is 0 Å². The third-order valence-electron chi connectivity index (χ3n) is 3.62. The van der Waals surface area contributed by atoms with E-state index in [1.807, 2.05) is 13.8 Å². The summed E-state index contributed by atoms with van der Waals surface area (Å²) in [7, 11) is 0. The molecule has 6 heteroatoms. The van der Waals surface area contributed by atoms with Crippen molar-refractivity contribution in [3.63, 3.8) is 0 Å². The van der Waals surface area contributed by atoms with Crippen LogP contribution >= 0.6 is 11.3 Å². The van der Waals surface area contributed by atoms with Crippen LogP contribution in [-0.4, -0.2) is 35.2 Å². The highest BCUT2D eigenvalue weighted by atomic mass is 32.1. The zero-order chi connectivity index (χ0) is 15.6. The minimum atomic E-state index is 0.0470. The predicted octanol–water partition coefficient (Wildman–Crippen LogP) is 2.58. The van der Waals surface area contributed by atoms with Gasteiger partial charge >= 0.3 is 0 Å². The number of aromatic nitrogens is 2. The number of rotatable bonds is 3. The second-order valence-corrected chi connectivity index (χ2v) is 8.02. The minimum absolute atomic E-state index is 0.0470. The van der Waals surface area contributed by atoms with E-state index in [0.29, 0.717) is 0 Å². The summed E-state index contributed by atoms with van der Waals surface area (Å²) in [5.41, 5.74) is 0.0470. The summed E-state index contributed by atoms with van der Waals surface area (Å²) in [4.78, 5) is 14.3. The molecule has 2 rings (SSSR count). The lowest BCUT2D eigenvalue weighted by atomic mass is 9.96. The van der Waals surface area contributed by atoms with Crippen molar-refractivity contribution in [3.8, 4) is 0 Å². The predicted molar refractivity (Wildman–Crippen MR) is 86.8 cm³/mol. The molecule has 0 saturated carbocycles. The maximum Gasteiger partial charge on any atom is 0.223 e. The minimum Gasteiger partial charge on any atom is -0.354 e. The van der Waals surface area contributed by atoms with Crippen LogP contribution in [0.3, 0.4) is 0 Å². The van der Waals surface area contributed by atoms with Gasteiger partial charge in [0.1, 0.15) is 5.01 Å². The Labute approximate surface area is 131 Å². The molecule has 0 bridgehead atoms. The van der Waals surface area contributed by atoms with Gasteiger partial charge in [-0.2, -0.15) is 0 Å². The van der Waals surface area contributed by atoms with Crippen LogP contribution in [0.5, 0.6) is 0 Å². The second-order valence-electron chi connectivity index (χ2n) is 7.06. The maximum absolute atomic E-state index is 12.0. The van der Waals surface area contributed by atoms with E-state index in [9.17, 15) is 4.79 Å². The molecule has 1 saturated heterocycles. The summed E-state index contributed by atoms with van der Waals surface area (Å²) < 4.78 is 0. The van der Waals surface area contributed by atoms with Gasteiger partial charge in [-0.15, -0.1) is 10.2 Å². The Balaban J connectivity index is 1.92. The SMILES string of the molecule is CC(C)NC(=O)C1CCN(c2nnc(C(C)(C)C)s2)CC1. The number of nitrogens with zero attached hydrogens (tertiary/aromatic N) is 3. The Hall–Kier alpha value is -1.17. The summed E-state index contributed by atoms with van der Waals surface area (Å²) in [6.45, 7) is 12.2. The van der Waals surface area contributed by atoms with Crippen molar-refractivity contribution >= 4 is 22.4 Å². The normalized spacial score (nSPS) is 17.3. The Morgan fingerprint density at radius 2 is 1.90 bits per heavy atom. The number of anilines is 1. The molecule has 1 aromatic rings. The molecular weight excluding hydrogens is 284 g/mol. The van der Waals surface area contributed by atoms with Gasteiger partial charge in [0.15, 0.2) is 0 Å². The molecule has 0 atom stereocenters. The lowest BCUT2D eigenvalue weighted by Crippen LogP contribution is -2.42. The second kappa shape index (κ2) is 6.30. The topological polar surface area (TPSA) is 58.1 Å². The molecule has 0 aromatic carbocycles. The van der Waals surface area contributed by atoms with Gasteiger partial charge in [0, 0.05) is 30.5 Å². The van der Waals surface area contributed by atoms with E-state index in [2.05, 4.69) is 41.2 Å². The Morgan fingerprint density at radius 3 is 2.38 bits per heavy atom. The fourth-order valence-corrected chi connectivity index (χ4v) is 3.34. The van der Waals surface area contributed by atoms with Gasteiger partial charge in [-0.3, -0.25) is 4.79 Å². The Bertz CT molecular complexity index is 484. The van der Waals surface area contributed by atoms with Crippen LogP contribution < -0.4 is 10.2 Å². The van der Waals surface area contributed by atoms with Gasteiger partial charge in [-0.05, 0) is 26.7 Å². The molecule has 1 fully saturated rings. The Kier molecular flexibility index (Phi) is 4.86. The maximum atomic E-state index is 12.0. The molecule has 1 aliphatic rings. The highest BCUT2D eigenvalue weighted by Gasteiger charge is 2.28. The average Bonchev–Trinajstić information content (AvgIpc) is 2.87. The van der Waals surface area contributed by atoms with Crippen molar-refractivity contribution in [2.45, 2.75) is 58.9 Å². The number of hydrogen-bond donors (Lipinski definition) is 1. The van der Waals surface area contributed by atoms with E-state index in [-0.39, 0.29) is 23.3 Å². The number of nitrogens with one attached hydrogen (secondary N) is 1. The molecule has 0 unspecified atom stereocenters. The first-order valence-corrected chi connectivity index (χ1v) is 8.48. The highest BCUT2D eigenvalue weighted by molar-refractivity contribution is 7.15. The van der Waals surface area contributed by atoms with E-state index in [1.54, 1.807) is 11.3 Å². The van der Waals surface area contributed by atoms with Crippen LogP contribution in [0.25, 0.3) is 0 Å². The van der Waals surface area contributed by atoms with E-state index in [4.69, 9.17) is 0 Å².